The first kappa shape index (κ1) is 19.6. The Kier molecular flexibility index (Phi) is 4.73. The molecule has 4 aromatic rings. The van der Waals surface area contributed by atoms with Gasteiger partial charge in [-0.1, -0.05) is 30.3 Å². The Balaban J connectivity index is 2.13. The first-order chi connectivity index (χ1) is 14.3. The van der Waals surface area contributed by atoms with Crippen molar-refractivity contribution in [3.63, 3.8) is 0 Å². The van der Waals surface area contributed by atoms with E-state index in [0.29, 0.717) is 15.7 Å². The average Bonchev–Trinajstić information content (AvgIpc) is 2.75. The first-order valence-corrected chi connectivity index (χ1v) is 8.93. The number of halogens is 3. The van der Waals surface area contributed by atoms with E-state index in [4.69, 9.17) is 0 Å². The minimum absolute atomic E-state index is 0.0302. The second-order valence-electron chi connectivity index (χ2n) is 6.71. The van der Waals surface area contributed by atoms with Gasteiger partial charge in [-0.25, -0.2) is 9.78 Å². The minimum Gasteiger partial charge on any atom is -0.273 e. The number of benzene rings is 1. The van der Waals surface area contributed by atoms with Crippen LogP contribution >= 0.6 is 0 Å². The number of aromatic nitrogens is 4. The Hall–Kier alpha value is -3.75. The fourth-order valence-electron chi connectivity index (χ4n) is 3.26. The SMILES string of the molecule is Cn1c(=O)c2c(C(F)(F)F)cc(-c3cccnc3)nc2n(Cc2ccccc2)c1=O. The summed E-state index contributed by atoms with van der Waals surface area (Å²) >= 11 is 0. The van der Waals surface area contributed by atoms with Crippen LogP contribution in [-0.4, -0.2) is 19.1 Å². The molecule has 0 bridgehead atoms. The normalized spacial score (nSPS) is 11.7. The van der Waals surface area contributed by atoms with Gasteiger partial charge in [0.05, 0.1) is 23.2 Å². The molecule has 0 fully saturated rings. The largest absolute Gasteiger partial charge is 0.417 e. The van der Waals surface area contributed by atoms with E-state index in [2.05, 4.69) is 9.97 Å². The molecule has 0 unspecified atom stereocenters. The molecule has 0 aliphatic carbocycles. The summed E-state index contributed by atoms with van der Waals surface area (Å²) in [7, 11) is 1.15. The molecule has 1 aromatic carbocycles. The predicted molar refractivity (Wildman–Crippen MR) is 105 cm³/mol. The van der Waals surface area contributed by atoms with Crippen LogP contribution in [-0.2, 0) is 19.8 Å². The highest BCUT2D eigenvalue weighted by molar-refractivity contribution is 5.82. The van der Waals surface area contributed by atoms with Gasteiger partial charge in [0.25, 0.3) is 5.56 Å². The molecule has 3 heterocycles. The van der Waals surface area contributed by atoms with Gasteiger partial charge in [-0.05, 0) is 23.8 Å². The maximum Gasteiger partial charge on any atom is 0.417 e. The second kappa shape index (κ2) is 7.25. The molecule has 0 amide bonds. The van der Waals surface area contributed by atoms with Crippen molar-refractivity contribution in [1.29, 1.82) is 0 Å². The summed E-state index contributed by atoms with van der Waals surface area (Å²) in [5.74, 6) is 0. The minimum atomic E-state index is -4.82. The van der Waals surface area contributed by atoms with Crippen molar-refractivity contribution >= 4 is 11.0 Å². The Morgan fingerprint density at radius 1 is 1.03 bits per heavy atom. The zero-order valence-electron chi connectivity index (χ0n) is 15.7. The molecule has 0 atom stereocenters. The third kappa shape index (κ3) is 3.38. The third-order valence-corrected chi connectivity index (χ3v) is 4.74. The zero-order valence-corrected chi connectivity index (χ0v) is 15.7. The molecule has 152 valence electrons. The van der Waals surface area contributed by atoms with Crippen LogP contribution in [0.2, 0.25) is 0 Å². The maximum absolute atomic E-state index is 13.9. The van der Waals surface area contributed by atoms with Crippen molar-refractivity contribution in [2.45, 2.75) is 12.7 Å². The number of alkyl halides is 3. The van der Waals surface area contributed by atoms with Crippen molar-refractivity contribution in [2.24, 2.45) is 7.05 Å². The van der Waals surface area contributed by atoms with E-state index in [1.54, 1.807) is 42.5 Å². The quantitative estimate of drug-likeness (QED) is 0.518. The summed E-state index contributed by atoms with van der Waals surface area (Å²) in [4.78, 5) is 33.7. The molecule has 4 rings (SSSR count). The molecule has 0 saturated heterocycles. The molecule has 0 radical (unpaired) electrons. The summed E-state index contributed by atoms with van der Waals surface area (Å²) in [5.41, 5.74) is -2.27. The summed E-state index contributed by atoms with van der Waals surface area (Å²) in [6.07, 6.45) is -1.97. The van der Waals surface area contributed by atoms with E-state index >= 15 is 0 Å². The average molecular weight is 412 g/mol. The molecule has 6 nitrogen and oxygen atoms in total. The van der Waals surface area contributed by atoms with Crippen molar-refractivity contribution < 1.29 is 13.2 Å². The third-order valence-electron chi connectivity index (χ3n) is 4.74. The molecule has 3 aromatic heterocycles. The predicted octanol–water partition coefficient (Wildman–Crippen LogP) is 3.22. The van der Waals surface area contributed by atoms with Crippen LogP contribution in [0.4, 0.5) is 13.2 Å². The maximum atomic E-state index is 13.9. The Morgan fingerprint density at radius 3 is 2.40 bits per heavy atom. The van der Waals surface area contributed by atoms with E-state index in [1.807, 2.05) is 0 Å². The molecular weight excluding hydrogens is 397 g/mol. The summed E-state index contributed by atoms with van der Waals surface area (Å²) < 4.78 is 43.5. The molecule has 0 spiro atoms. The molecule has 0 aliphatic rings. The summed E-state index contributed by atoms with van der Waals surface area (Å²) in [5, 5.41) is -0.645. The van der Waals surface area contributed by atoms with E-state index in [0.717, 1.165) is 17.7 Å². The van der Waals surface area contributed by atoms with Gasteiger partial charge in [0.15, 0.2) is 5.65 Å². The lowest BCUT2D eigenvalue weighted by Gasteiger charge is -2.16. The van der Waals surface area contributed by atoms with Gasteiger partial charge < -0.3 is 0 Å². The summed E-state index contributed by atoms with van der Waals surface area (Å²) in [6, 6.07) is 12.7. The number of pyridine rings is 2. The lowest BCUT2D eigenvalue weighted by molar-refractivity contribution is -0.136. The van der Waals surface area contributed by atoms with Gasteiger partial charge in [0.1, 0.15) is 0 Å². The molecule has 0 aliphatic heterocycles. The number of rotatable bonds is 3. The van der Waals surface area contributed by atoms with E-state index in [-0.39, 0.29) is 17.9 Å². The van der Waals surface area contributed by atoms with E-state index in [1.165, 1.54) is 12.4 Å². The number of hydrogen-bond donors (Lipinski definition) is 0. The van der Waals surface area contributed by atoms with Gasteiger partial charge in [-0.3, -0.25) is 18.9 Å². The van der Waals surface area contributed by atoms with Crippen LogP contribution < -0.4 is 11.2 Å². The Labute approximate surface area is 167 Å². The molecular formula is C21H15F3N4O2. The highest BCUT2D eigenvalue weighted by Crippen LogP contribution is 2.35. The van der Waals surface area contributed by atoms with Crippen LogP contribution in [0.1, 0.15) is 11.1 Å². The number of hydrogen-bond acceptors (Lipinski definition) is 4. The summed E-state index contributed by atoms with van der Waals surface area (Å²) in [6.45, 7) is -0.0366. The zero-order chi connectivity index (χ0) is 21.5. The lowest BCUT2D eigenvalue weighted by Crippen LogP contribution is -2.39. The fourth-order valence-corrected chi connectivity index (χ4v) is 3.26. The van der Waals surface area contributed by atoms with Gasteiger partial charge in [0, 0.05) is 25.0 Å². The highest BCUT2D eigenvalue weighted by Gasteiger charge is 2.36. The van der Waals surface area contributed by atoms with Crippen LogP contribution in [0.15, 0.2) is 70.5 Å². The monoisotopic (exact) mass is 412 g/mol. The van der Waals surface area contributed by atoms with Crippen LogP contribution in [0.5, 0.6) is 0 Å². The van der Waals surface area contributed by atoms with Gasteiger partial charge >= 0.3 is 11.9 Å². The molecule has 0 saturated carbocycles. The Morgan fingerprint density at radius 2 is 1.77 bits per heavy atom. The van der Waals surface area contributed by atoms with Crippen molar-refractivity contribution in [2.75, 3.05) is 0 Å². The van der Waals surface area contributed by atoms with Crippen LogP contribution in [0, 0.1) is 0 Å². The first-order valence-electron chi connectivity index (χ1n) is 8.93. The Bertz CT molecular complexity index is 1340. The molecule has 9 heteroatoms. The van der Waals surface area contributed by atoms with Crippen molar-refractivity contribution in [1.82, 2.24) is 19.1 Å². The number of fused-ring (bicyclic) bond motifs is 1. The van der Waals surface area contributed by atoms with Crippen molar-refractivity contribution in [3.8, 4) is 11.3 Å². The number of nitrogens with zero attached hydrogens (tertiary/aromatic N) is 4. The van der Waals surface area contributed by atoms with Gasteiger partial charge in [-0.15, -0.1) is 0 Å². The topological polar surface area (TPSA) is 69.8 Å². The van der Waals surface area contributed by atoms with Gasteiger partial charge in [0.2, 0.25) is 0 Å². The highest BCUT2D eigenvalue weighted by atomic mass is 19.4. The van der Waals surface area contributed by atoms with E-state index in [9.17, 15) is 22.8 Å². The van der Waals surface area contributed by atoms with Crippen LogP contribution in [0.3, 0.4) is 0 Å². The second-order valence-corrected chi connectivity index (χ2v) is 6.71. The smallest absolute Gasteiger partial charge is 0.273 e. The fraction of sp³-hybridized carbons (Fsp3) is 0.143. The van der Waals surface area contributed by atoms with Crippen LogP contribution in [0.25, 0.3) is 22.3 Å². The van der Waals surface area contributed by atoms with E-state index < -0.39 is 28.4 Å². The standard InChI is InChI=1S/C21H15F3N4O2/c1-27-19(29)17-15(21(22,23)24)10-16(14-8-5-9-25-11-14)26-18(17)28(20(27)30)12-13-6-3-2-4-7-13/h2-11H,12H2,1H3. The van der Waals surface area contributed by atoms with Gasteiger partial charge in [-0.2, -0.15) is 13.2 Å². The molecule has 0 N–H and O–H groups in total. The lowest BCUT2D eigenvalue weighted by atomic mass is 10.1. The van der Waals surface area contributed by atoms with Crippen molar-refractivity contribution in [3.05, 3.63) is 92.9 Å². The molecule has 30 heavy (non-hydrogen) atoms.